The number of halogens is 3. The van der Waals surface area contributed by atoms with E-state index in [1.54, 1.807) is 25.3 Å². The quantitative estimate of drug-likeness (QED) is 0.435. The number of aromatic hydroxyl groups is 1. The number of hydrogen-bond acceptors (Lipinski definition) is 3. The summed E-state index contributed by atoms with van der Waals surface area (Å²) in [5.41, 5.74) is 1.34. The number of hydrogen-bond donors (Lipinski definition) is 2. The normalized spacial score (nSPS) is 10.8. The van der Waals surface area contributed by atoms with Gasteiger partial charge in [-0.05, 0) is 68.3 Å². The van der Waals surface area contributed by atoms with Crippen LogP contribution in [-0.2, 0) is 4.79 Å². The van der Waals surface area contributed by atoms with Gasteiger partial charge in [-0.3, -0.25) is 4.79 Å². The van der Waals surface area contributed by atoms with E-state index in [1.165, 1.54) is 6.08 Å². The molecule has 1 amide bonds. The van der Waals surface area contributed by atoms with E-state index < -0.39 is 0 Å². The van der Waals surface area contributed by atoms with Gasteiger partial charge in [0.25, 0.3) is 0 Å². The summed E-state index contributed by atoms with van der Waals surface area (Å²) in [7, 11) is 1.58. The van der Waals surface area contributed by atoms with Crippen molar-refractivity contribution in [1.82, 2.24) is 0 Å². The Bertz CT molecular complexity index is 752. The fraction of sp³-hybridized carbons (Fsp3) is 0.0625. The molecule has 4 nitrogen and oxygen atoms in total. The lowest BCUT2D eigenvalue weighted by molar-refractivity contribution is -0.111. The van der Waals surface area contributed by atoms with Crippen LogP contribution in [-0.4, -0.2) is 18.1 Å². The third-order valence-electron chi connectivity index (χ3n) is 2.89. The molecule has 0 aliphatic carbocycles. The minimum atomic E-state index is -0.295. The van der Waals surface area contributed by atoms with Crippen molar-refractivity contribution in [3.63, 3.8) is 0 Å². The van der Waals surface area contributed by atoms with Gasteiger partial charge in [-0.15, -0.1) is 0 Å². The molecule has 0 aliphatic rings. The molecule has 0 aromatic heterocycles. The minimum absolute atomic E-state index is 0.0809. The van der Waals surface area contributed by atoms with Gasteiger partial charge in [0, 0.05) is 21.8 Å². The summed E-state index contributed by atoms with van der Waals surface area (Å²) in [6.45, 7) is 0. The third-order valence-corrected chi connectivity index (χ3v) is 4.59. The third kappa shape index (κ3) is 4.83. The summed E-state index contributed by atoms with van der Waals surface area (Å²) in [6, 6.07) is 8.77. The molecule has 0 saturated heterocycles. The first kappa shape index (κ1) is 18.0. The zero-order valence-corrected chi connectivity index (χ0v) is 16.7. The van der Waals surface area contributed by atoms with Crippen LogP contribution < -0.4 is 10.1 Å². The van der Waals surface area contributed by atoms with Crippen molar-refractivity contribution in [3.8, 4) is 11.5 Å². The first-order valence-corrected chi connectivity index (χ1v) is 8.79. The molecule has 120 valence electrons. The Balaban J connectivity index is 2.15. The van der Waals surface area contributed by atoms with E-state index in [9.17, 15) is 9.90 Å². The van der Waals surface area contributed by atoms with E-state index in [4.69, 9.17) is 4.74 Å². The molecule has 2 N–H and O–H groups in total. The number of benzene rings is 2. The van der Waals surface area contributed by atoms with Gasteiger partial charge in [-0.2, -0.15) is 0 Å². The van der Waals surface area contributed by atoms with Crippen LogP contribution >= 0.6 is 47.8 Å². The average Bonchev–Trinajstić information content (AvgIpc) is 2.50. The summed E-state index contributed by atoms with van der Waals surface area (Å²) in [5, 5.41) is 12.4. The monoisotopic (exact) mass is 503 g/mol. The van der Waals surface area contributed by atoms with Crippen molar-refractivity contribution in [2.75, 3.05) is 12.4 Å². The minimum Gasteiger partial charge on any atom is -0.506 e. The topological polar surface area (TPSA) is 58.6 Å². The van der Waals surface area contributed by atoms with Crippen molar-refractivity contribution in [2.45, 2.75) is 0 Å². The Morgan fingerprint density at radius 1 is 1.17 bits per heavy atom. The van der Waals surface area contributed by atoms with Crippen LogP contribution in [0.3, 0.4) is 0 Å². The molecule has 0 radical (unpaired) electrons. The number of phenols is 1. The maximum absolute atomic E-state index is 12.0. The number of amides is 1. The Morgan fingerprint density at radius 3 is 2.43 bits per heavy atom. The van der Waals surface area contributed by atoms with Gasteiger partial charge in [-0.1, -0.05) is 15.9 Å². The van der Waals surface area contributed by atoms with E-state index in [-0.39, 0.29) is 11.7 Å². The Labute approximate surface area is 158 Å². The van der Waals surface area contributed by atoms with Crippen molar-refractivity contribution in [1.29, 1.82) is 0 Å². The maximum Gasteiger partial charge on any atom is 0.248 e. The number of carbonyl (C=O) groups excluding carboxylic acids is 1. The first-order valence-electron chi connectivity index (χ1n) is 6.41. The second-order valence-corrected chi connectivity index (χ2v) is 7.12. The van der Waals surface area contributed by atoms with Gasteiger partial charge in [0.15, 0.2) is 0 Å². The molecule has 2 rings (SSSR count). The fourth-order valence-electron chi connectivity index (χ4n) is 1.82. The second kappa shape index (κ2) is 7.99. The number of anilines is 1. The number of phenolic OH excluding ortho intramolecular Hbond substituents is 1. The maximum atomic E-state index is 12.0. The standard InChI is InChI=1S/C16H12Br3NO3/c1-23-14-4-3-10(17)6-9(14)2-5-15(21)20-11-7-12(18)16(22)13(19)8-11/h2-8,22H,1H3,(H,20,21)/b5-2+. The molecule has 0 saturated carbocycles. The molecule has 0 bridgehead atoms. The van der Waals surface area contributed by atoms with Crippen LogP contribution in [0, 0.1) is 0 Å². The molecule has 7 heteroatoms. The van der Waals surface area contributed by atoms with Gasteiger partial charge in [0.2, 0.25) is 5.91 Å². The van der Waals surface area contributed by atoms with Gasteiger partial charge in [0.05, 0.1) is 16.1 Å². The zero-order chi connectivity index (χ0) is 17.0. The lowest BCUT2D eigenvalue weighted by Crippen LogP contribution is -2.07. The van der Waals surface area contributed by atoms with Crippen molar-refractivity contribution < 1.29 is 14.6 Å². The number of nitrogens with one attached hydrogen (secondary N) is 1. The van der Waals surface area contributed by atoms with Crippen LogP contribution in [0.5, 0.6) is 11.5 Å². The average molecular weight is 506 g/mol. The molecule has 23 heavy (non-hydrogen) atoms. The van der Waals surface area contributed by atoms with Crippen molar-refractivity contribution >= 4 is 65.5 Å². The summed E-state index contributed by atoms with van der Waals surface area (Å²) in [5.74, 6) is 0.460. The highest BCUT2D eigenvalue weighted by Crippen LogP contribution is 2.35. The summed E-state index contributed by atoms with van der Waals surface area (Å²) < 4.78 is 7.12. The number of rotatable bonds is 4. The van der Waals surface area contributed by atoms with Gasteiger partial charge >= 0.3 is 0 Å². The van der Waals surface area contributed by atoms with E-state index in [1.807, 2.05) is 18.2 Å². The molecule has 0 aliphatic heterocycles. The Kier molecular flexibility index (Phi) is 6.26. The predicted octanol–water partition coefficient (Wildman–Crippen LogP) is 5.34. The number of ether oxygens (including phenoxy) is 1. The molecule has 0 fully saturated rings. The van der Waals surface area contributed by atoms with Crippen LogP contribution in [0.15, 0.2) is 49.8 Å². The lowest BCUT2D eigenvalue weighted by Gasteiger charge is -2.07. The first-order chi connectivity index (χ1) is 10.9. The molecule has 0 spiro atoms. The second-order valence-electron chi connectivity index (χ2n) is 4.50. The van der Waals surface area contributed by atoms with Crippen molar-refractivity contribution in [2.24, 2.45) is 0 Å². The van der Waals surface area contributed by atoms with Gasteiger partial charge < -0.3 is 15.2 Å². The molecule has 0 heterocycles. The van der Waals surface area contributed by atoms with Gasteiger partial charge in [-0.25, -0.2) is 0 Å². The summed E-state index contributed by atoms with van der Waals surface area (Å²) >= 11 is 9.82. The Morgan fingerprint density at radius 2 is 1.83 bits per heavy atom. The van der Waals surface area contributed by atoms with Crippen LogP contribution in [0.1, 0.15) is 5.56 Å². The summed E-state index contributed by atoms with van der Waals surface area (Å²) in [4.78, 5) is 12.0. The van der Waals surface area contributed by atoms with Crippen LogP contribution in [0.4, 0.5) is 5.69 Å². The molecule has 2 aromatic carbocycles. The van der Waals surface area contributed by atoms with Crippen molar-refractivity contribution in [3.05, 3.63) is 55.4 Å². The number of carbonyl (C=O) groups is 1. The fourth-order valence-corrected chi connectivity index (χ4v) is 3.39. The SMILES string of the molecule is COc1ccc(Br)cc1/C=C/C(=O)Nc1cc(Br)c(O)c(Br)c1. The zero-order valence-electron chi connectivity index (χ0n) is 11.9. The highest BCUT2D eigenvalue weighted by atomic mass is 79.9. The largest absolute Gasteiger partial charge is 0.506 e. The molecule has 0 unspecified atom stereocenters. The smallest absolute Gasteiger partial charge is 0.248 e. The highest BCUT2D eigenvalue weighted by molar-refractivity contribution is 9.11. The van der Waals surface area contributed by atoms with E-state index in [0.29, 0.717) is 20.4 Å². The van der Waals surface area contributed by atoms with E-state index in [2.05, 4.69) is 53.1 Å². The van der Waals surface area contributed by atoms with E-state index in [0.717, 1.165) is 10.0 Å². The highest BCUT2D eigenvalue weighted by Gasteiger charge is 2.07. The van der Waals surface area contributed by atoms with Crippen LogP contribution in [0.2, 0.25) is 0 Å². The van der Waals surface area contributed by atoms with E-state index >= 15 is 0 Å². The predicted molar refractivity (Wildman–Crippen MR) is 102 cm³/mol. The molecular formula is C16H12Br3NO3. The molecule has 0 atom stereocenters. The van der Waals surface area contributed by atoms with Crippen LogP contribution in [0.25, 0.3) is 6.08 Å². The van der Waals surface area contributed by atoms with Gasteiger partial charge in [0.1, 0.15) is 11.5 Å². The summed E-state index contributed by atoms with van der Waals surface area (Å²) in [6.07, 6.45) is 3.09. The molecule has 2 aromatic rings. The lowest BCUT2D eigenvalue weighted by atomic mass is 10.2. The number of methoxy groups -OCH3 is 1. The Hall–Kier alpha value is -1.31. The molecular weight excluding hydrogens is 494 g/mol.